The monoisotopic (exact) mass is 631 g/mol. The predicted molar refractivity (Wildman–Crippen MR) is 175 cm³/mol. The second-order valence-electron chi connectivity index (χ2n) is 10.3. The van der Waals surface area contributed by atoms with Crippen LogP contribution in [-0.2, 0) is 16.1 Å². The number of hydrogen-bond donors (Lipinski definition) is 0. The number of benzene rings is 3. The highest BCUT2D eigenvalue weighted by Gasteiger charge is 2.33. The molecule has 2 heterocycles. The highest BCUT2D eigenvalue weighted by molar-refractivity contribution is 7.07. The first-order chi connectivity index (χ1) is 21.2. The smallest absolute Gasteiger partial charge is 0.338 e. The van der Waals surface area contributed by atoms with Crippen molar-refractivity contribution in [3.63, 3.8) is 0 Å². The first-order valence-corrected chi connectivity index (χ1v) is 15.5. The van der Waals surface area contributed by atoms with Gasteiger partial charge in [0, 0.05) is 24.8 Å². The van der Waals surface area contributed by atoms with Gasteiger partial charge in [0.1, 0.15) is 6.61 Å². The van der Waals surface area contributed by atoms with Crippen molar-refractivity contribution in [3.05, 3.63) is 119 Å². The number of aromatic nitrogens is 1. The van der Waals surface area contributed by atoms with Crippen molar-refractivity contribution in [2.45, 2.75) is 33.4 Å². The van der Waals surface area contributed by atoms with Crippen LogP contribution in [0.2, 0.25) is 5.02 Å². The zero-order valence-electron chi connectivity index (χ0n) is 25.3. The third-order valence-electron chi connectivity index (χ3n) is 7.12. The maximum absolute atomic E-state index is 14.0. The standard InChI is InChI=1S/C34H34ClN3O5S/c1-6-41-28-18-23(10-17-27(28)43-20-22-8-13-25(35)14-9-22)19-29-32(39)38-31(24-11-15-26(16-12-24)37(4)5)30(33(40)42-7-2)21(3)36-34(38)44-29/h8-19,31H,6-7,20H2,1-5H3/b29-19-/t31-/m0/s1. The van der Waals surface area contributed by atoms with Crippen LogP contribution in [-0.4, -0.2) is 37.8 Å². The molecule has 0 saturated heterocycles. The molecule has 10 heteroatoms. The third-order valence-corrected chi connectivity index (χ3v) is 8.35. The number of thiazole rings is 1. The summed E-state index contributed by atoms with van der Waals surface area (Å²) in [7, 11) is 3.92. The van der Waals surface area contributed by atoms with E-state index >= 15 is 0 Å². The Hall–Kier alpha value is -4.34. The summed E-state index contributed by atoms with van der Waals surface area (Å²) in [4.78, 5) is 34.4. The van der Waals surface area contributed by atoms with E-state index in [9.17, 15) is 9.59 Å². The van der Waals surface area contributed by atoms with E-state index in [4.69, 9.17) is 25.8 Å². The van der Waals surface area contributed by atoms with E-state index < -0.39 is 12.0 Å². The summed E-state index contributed by atoms with van der Waals surface area (Å²) in [6, 6.07) is 20.2. The average molecular weight is 632 g/mol. The van der Waals surface area contributed by atoms with Crippen LogP contribution < -0.4 is 29.3 Å². The van der Waals surface area contributed by atoms with Crippen molar-refractivity contribution in [2.75, 3.05) is 32.2 Å². The Bertz CT molecular complexity index is 1880. The number of nitrogens with zero attached hydrogens (tertiary/aromatic N) is 3. The van der Waals surface area contributed by atoms with Gasteiger partial charge >= 0.3 is 5.97 Å². The maximum Gasteiger partial charge on any atom is 0.338 e. The summed E-state index contributed by atoms with van der Waals surface area (Å²) < 4.78 is 19.4. The van der Waals surface area contributed by atoms with Gasteiger partial charge in [0.25, 0.3) is 5.56 Å². The van der Waals surface area contributed by atoms with Crippen molar-refractivity contribution in [3.8, 4) is 11.5 Å². The minimum Gasteiger partial charge on any atom is -0.490 e. The van der Waals surface area contributed by atoms with Crippen LogP contribution in [0.5, 0.6) is 11.5 Å². The zero-order chi connectivity index (χ0) is 31.4. The van der Waals surface area contributed by atoms with Gasteiger partial charge in [0.15, 0.2) is 16.3 Å². The quantitative estimate of drug-likeness (QED) is 0.215. The average Bonchev–Trinajstić information content (AvgIpc) is 3.31. The summed E-state index contributed by atoms with van der Waals surface area (Å²) in [5.74, 6) is 0.679. The Morgan fingerprint density at radius 3 is 2.39 bits per heavy atom. The summed E-state index contributed by atoms with van der Waals surface area (Å²) in [5, 5.41) is 0.666. The second kappa shape index (κ2) is 13.5. The molecule has 5 rings (SSSR count). The number of fused-ring (bicyclic) bond motifs is 1. The summed E-state index contributed by atoms with van der Waals surface area (Å²) in [5.41, 5.74) is 4.18. The molecule has 0 radical (unpaired) electrons. The summed E-state index contributed by atoms with van der Waals surface area (Å²) >= 11 is 7.28. The topological polar surface area (TPSA) is 82.4 Å². The fraction of sp³-hybridized carbons (Fsp3) is 0.265. The van der Waals surface area contributed by atoms with Gasteiger partial charge in [-0.1, -0.05) is 53.3 Å². The lowest BCUT2D eigenvalue weighted by Gasteiger charge is -2.25. The van der Waals surface area contributed by atoms with Crippen molar-refractivity contribution in [1.29, 1.82) is 0 Å². The van der Waals surface area contributed by atoms with Gasteiger partial charge in [-0.3, -0.25) is 9.36 Å². The molecular weight excluding hydrogens is 598 g/mol. The Morgan fingerprint density at radius 2 is 1.73 bits per heavy atom. The van der Waals surface area contributed by atoms with E-state index in [0.29, 0.717) is 50.3 Å². The van der Waals surface area contributed by atoms with Crippen LogP contribution in [0.25, 0.3) is 6.08 Å². The van der Waals surface area contributed by atoms with Gasteiger partial charge in [0.2, 0.25) is 0 Å². The van der Waals surface area contributed by atoms with E-state index in [1.165, 1.54) is 11.3 Å². The van der Waals surface area contributed by atoms with E-state index in [0.717, 1.165) is 22.4 Å². The molecule has 1 atom stereocenters. The lowest BCUT2D eigenvalue weighted by atomic mass is 9.95. The molecule has 0 bridgehead atoms. The van der Waals surface area contributed by atoms with Gasteiger partial charge < -0.3 is 19.1 Å². The van der Waals surface area contributed by atoms with Crippen LogP contribution in [0.15, 0.2) is 87.8 Å². The van der Waals surface area contributed by atoms with Gasteiger partial charge in [-0.15, -0.1) is 0 Å². The van der Waals surface area contributed by atoms with Crippen LogP contribution in [0, 0.1) is 0 Å². The molecule has 1 aliphatic rings. The normalized spacial score (nSPS) is 14.6. The Kier molecular flexibility index (Phi) is 9.56. The summed E-state index contributed by atoms with van der Waals surface area (Å²) in [6.07, 6.45) is 1.81. The Morgan fingerprint density at radius 1 is 1.00 bits per heavy atom. The van der Waals surface area contributed by atoms with Gasteiger partial charge in [-0.05, 0) is 79.9 Å². The lowest BCUT2D eigenvalue weighted by molar-refractivity contribution is -0.139. The predicted octanol–water partition coefficient (Wildman–Crippen LogP) is 5.50. The van der Waals surface area contributed by atoms with Gasteiger partial charge in [0.05, 0.1) is 35.1 Å². The number of carbonyl (C=O) groups is 1. The molecule has 8 nitrogen and oxygen atoms in total. The first kappa shape index (κ1) is 31.1. The summed E-state index contributed by atoms with van der Waals surface area (Å²) in [6.45, 7) is 6.46. The molecule has 3 aromatic carbocycles. The Labute approximate surface area is 265 Å². The molecule has 0 fully saturated rings. The van der Waals surface area contributed by atoms with Gasteiger partial charge in [-0.25, -0.2) is 9.79 Å². The first-order valence-electron chi connectivity index (χ1n) is 14.3. The van der Waals surface area contributed by atoms with Crippen molar-refractivity contribution in [1.82, 2.24) is 4.57 Å². The van der Waals surface area contributed by atoms with Crippen molar-refractivity contribution in [2.24, 2.45) is 4.99 Å². The highest BCUT2D eigenvalue weighted by atomic mass is 35.5. The molecule has 0 spiro atoms. The highest BCUT2D eigenvalue weighted by Crippen LogP contribution is 2.32. The largest absolute Gasteiger partial charge is 0.490 e. The molecule has 0 N–H and O–H groups in total. The maximum atomic E-state index is 14.0. The van der Waals surface area contributed by atoms with E-state index in [1.54, 1.807) is 18.4 Å². The fourth-order valence-electron chi connectivity index (χ4n) is 4.96. The number of rotatable bonds is 10. The van der Waals surface area contributed by atoms with E-state index in [1.807, 2.05) is 98.7 Å². The third kappa shape index (κ3) is 6.59. The number of halogens is 1. The molecule has 1 aromatic heterocycles. The Balaban J connectivity index is 1.55. The second-order valence-corrected chi connectivity index (χ2v) is 11.8. The minimum atomic E-state index is -0.675. The van der Waals surface area contributed by atoms with Crippen molar-refractivity contribution >= 4 is 40.7 Å². The number of allylic oxidation sites excluding steroid dienone is 1. The van der Waals surface area contributed by atoms with E-state index in [2.05, 4.69) is 4.99 Å². The fourth-order valence-corrected chi connectivity index (χ4v) is 6.13. The number of anilines is 1. The SMILES string of the molecule is CCOC(=O)C1=C(C)N=c2s/c(=C\c3ccc(OCc4ccc(Cl)cc4)c(OCC)c3)c(=O)n2[C@H]1c1ccc(N(C)C)cc1. The number of carbonyl (C=O) groups excluding carboxylic acids is 1. The minimum absolute atomic E-state index is 0.216. The van der Waals surface area contributed by atoms with Crippen LogP contribution in [0.4, 0.5) is 5.69 Å². The molecular formula is C34H34ClN3O5S. The van der Waals surface area contributed by atoms with Crippen LogP contribution >= 0.6 is 22.9 Å². The number of hydrogen-bond acceptors (Lipinski definition) is 8. The number of ether oxygens (including phenoxy) is 3. The molecule has 228 valence electrons. The van der Waals surface area contributed by atoms with Crippen LogP contribution in [0.3, 0.4) is 0 Å². The van der Waals surface area contributed by atoms with Crippen LogP contribution in [0.1, 0.15) is 43.5 Å². The number of esters is 1. The van der Waals surface area contributed by atoms with Crippen molar-refractivity contribution < 1.29 is 19.0 Å². The van der Waals surface area contributed by atoms with E-state index in [-0.39, 0.29) is 12.2 Å². The molecule has 44 heavy (non-hydrogen) atoms. The molecule has 4 aromatic rings. The lowest BCUT2D eigenvalue weighted by Crippen LogP contribution is -2.39. The molecule has 0 unspecified atom stereocenters. The molecule has 0 amide bonds. The van der Waals surface area contributed by atoms with Gasteiger partial charge in [-0.2, -0.15) is 0 Å². The molecule has 1 aliphatic heterocycles. The molecule has 0 aliphatic carbocycles. The molecule has 0 saturated carbocycles. The zero-order valence-corrected chi connectivity index (χ0v) is 26.9.